The molecule has 0 bridgehead atoms. The lowest BCUT2D eigenvalue weighted by Crippen LogP contribution is -2.42. The van der Waals surface area contributed by atoms with Gasteiger partial charge in [0.05, 0.1) is 0 Å². The molecule has 2 rings (SSSR count). The van der Waals surface area contributed by atoms with E-state index >= 15 is 0 Å². The molecular weight excluding hydrogens is 246 g/mol. The summed E-state index contributed by atoms with van der Waals surface area (Å²) in [5, 5.41) is 16.6. The van der Waals surface area contributed by atoms with Crippen molar-refractivity contribution in [3.63, 3.8) is 0 Å². The van der Waals surface area contributed by atoms with E-state index in [-0.39, 0.29) is 29.6 Å². The fraction of sp³-hybridized carbons (Fsp3) is 0.529. The smallest absolute Gasteiger partial charge is 0.109 e. The van der Waals surface area contributed by atoms with Crippen LogP contribution in [0.4, 0.5) is 0 Å². The zero-order chi connectivity index (χ0) is 15.4. The number of hydrogen-bond donors (Lipinski definition) is 2. The first-order valence-electron chi connectivity index (χ1n) is 7.10. The number of allylic oxidation sites excluding steroid dienone is 2. The normalized spacial score (nSPS) is 37.1. The third-order valence-electron chi connectivity index (χ3n) is 5.08. The maximum Gasteiger partial charge on any atom is 0.109 e. The van der Waals surface area contributed by atoms with Gasteiger partial charge in [0, 0.05) is 24.8 Å². The van der Waals surface area contributed by atoms with Crippen molar-refractivity contribution in [3.8, 4) is 0 Å². The van der Waals surface area contributed by atoms with Crippen LogP contribution in [0.5, 0.6) is 0 Å². The lowest BCUT2D eigenvalue weighted by atomic mass is 9.58. The maximum atomic E-state index is 8.33. The molecule has 2 N–H and O–H groups in total. The number of nitrogens with zero attached hydrogens (tertiary/aromatic N) is 1. The minimum atomic E-state index is -0.0419. The average Bonchev–Trinajstić information content (AvgIpc) is 2.57. The fourth-order valence-corrected chi connectivity index (χ4v) is 4.16. The minimum absolute atomic E-state index is 0.0419. The molecule has 5 unspecified atom stereocenters. The first-order valence-corrected chi connectivity index (χ1v) is 7.10. The van der Waals surface area contributed by atoms with Gasteiger partial charge in [-0.25, -0.2) is 0 Å². The van der Waals surface area contributed by atoms with E-state index in [1.807, 2.05) is 14.0 Å². The summed E-state index contributed by atoms with van der Waals surface area (Å²) >= 11 is 0. The zero-order valence-corrected chi connectivity index (χ0v) is 13.0. The molecule has 1 aliphatic carbocycles. The van der Waals surface area contributed by atoms with E-state index in [0.717, 1.165) is 16.7 Å². The molecule has 0 aromatic rings. The molecule has 20 heavy (non-hydrogen) atoms. The summed E-state index contributed by atoms with van der Waals surface area (Å²) in [6, 6.07) is 0. The Labute approximate surface area is 122 Å². The van der Waals surface area contributed by atoms with Gasteiger partial charge in [0.1, 0.15) is 11.7 Å². The van der Waals surface area contributed by atoms with Crippen molar-refractivity contribution in [2.75, 3.05) is 7.05 Å². The first-order chi connectivity index (χ1) is 9.20. The van der Waals surface area contributed by atoms with Gasteiger partial charge in [-0.1, -0.05) is 43.4 Å². The van der Waals surface area contributed by atoms with Crippen molar-refractivity contribution >= 4 is 11.7 Å². The lowest BCUT2D eigenvalue weighted by Gasteiger charge is -2.45. The van der Waals surface area contributed by atoms with Crippen LogP contribution >= 0.6 is 0 Å². The summed E-state index contributed by atoms with van der Waals surface area (Å²) in [7, 11) is 1.81. The molecule has 0 aromatic carbocycles. The van der Waals surface area contributed by atoms with Crippen LogP contribution in [-0.4, -0.2) is 23.6 Å². The van der Waals surface area contributed by atoms with Gasteiger partial charge in [0.15, 0.2) is 0 Å². The summed E-state index contributed by atoms with van der Waals surface area (Å²) in [4.78, 5) is 1.70. The number of fused-ring (bicyclic) bond motifs is 1. The van der Waals surface area contributed by atoms with Crippen LogP contribution < -0.4 is 0 Å². The van der Waals surface area contributed by atoms with E-state index in [4.69, 9.17) is 10.8 Å². The number of rotatable bonds is 2. The molecule has 2 aliphatic rings. The van der Waals surface area contributed by atoms with E-state index < -0.39 is 0 Å². The van der Waals surface area contributed by atoms with Gasteiger partial charge in [0.25, 0.3) is 0 Å². The summed E-state index contributed by atoms with van der Waals surface area (Å²) < 4.78 is 0. The second-order valence-electron chi connectivity index (χ2n) is 6.46. The quantitative estimate of drug-likeness (QED) is 0.739. The molecule has 1 saturated carbocycles. The molecule has 2 fully saturated rings. The Kier molecular flexibility index (Phi) is 3.49. The molecule has 0 aromatic heterocycles. The van der Waals surface area contributed by atoms with Crippen molar-refractivity contribution < 1.29 is 0 Å². The Morgan fingerprint density at radius 3 is 2.10 bits per heavy atom. The van der Waals surface area contributed by atoms with Gasteiger partial charge in [-0.3, -0.25) is 10.8 Å². The highest BCUT2D eigenvalue weighted by atomic mass is 15.2. The maximum absolute atomic E-state index is 8.33. The van der Waals surface area contributed by atoms with E-state index in [0.29, 0.717) is 11.7 Å². The SMILES string of the molecule is C=C(C)C1C(=C)C2C(=N)N(C)C(=N)C2C(C)C1C(=C)C. The predicted octanol–water partition coefficient (Wildman–Crippen LogP) is 3.71. The van der Waals surface area contributed by atoms with Gasteiger partial charge in [-0.15, -0.1) is 0 Å². The number of hydrogen-bond acceptors (Lipinski definition) is 2. The molecule has 0 spiro atoms. The molecule has 0 amide bonds. The van der Waals surface area contributed by atoms with Crippen molar-refractivity contribution in [2.24, 2.45) is 29.6 Å². The van der Waals surface area contributed by atoms with Gasteiger partial charge < -0.3 is 4.90 Å². The Hall–Kier alpha value is -1.64. The molecule has 1 aliphatic heterocycles. The Balaban J connectivity index is 2.55. The molecule has 3 nitrogen and oxygen atoms in total. The highest BCUT2D eigenvalue weighted by Gasteiger charge is 2.53. The van der Waals surface area contributed by atoms with Crippen molar-refractivity contribution in [1.82, 2.24) is 4.90 Å². The molecule has 0 radical (unpaired) electrons. The van der Waals surface area contributed by atoms with Crippen LogP contribution in [0, 0.1) is 40.4 Å². The van der Waals surface area contributed by atoms with Gasteiger partial charge in [-0.05, 0) is 25.7 Å². The zero-order valence-electron chi connectivity index (χ0n) is 13.0. The highest BCUT2D eigenvalue weighted by Crippen LogP contribution is 2.53. The van der Waals surface area contributed by atoms with E-state index in [9.17, 15) is 0 Å². The standard InChI is InChI=1S/C17H25N3/c1-8(2)12-10(5)14-15(11(6)13(12)9(3)4)17(19)20(7)16(14)18/h11-15,18-19H,1,3,5H2,2,4,6-7H3. The fourth-order valence-electron chi connectivity index (χ4n) is 4.16. The van der Waals surface area contributed by atoms with Gasteiger partial charge in [-0.2, -0.15) is 0 Å². The van der Waals surface area contributed by atoms with Crippen molar-refractivity contribution in [2.45, 2.75) is 20.8 Å². The Bertz CT molecular complexity index is 518. The second-order valence-corrected chi connectivity index (χ2v) is 6.46. The Morgan fingerprint density at radius 2 is 1.65 bits per heavy atom. The van der Waals surface area contributed by atoms with Crippen molar-refractivity contribution in [3.05, 3.63) is 36.5 Å². The van der Waals surface area contributed by atoms with E-state index in [2.05, 4.69) is 33.6 Å². The largest absolute Gasteiger partial charge is 0.321 e. The average molecular weight is 271 g/mol. The minimum Gasteiger partial charge on any atom is -0.321 e. The van der Waals surface area contributed by atoms with Crippen LogP contribution in [0.15, 0.2) is 36.5 Å². The molecule has 1 heterocycles. The summed E-state index contributed by atoms with van der Waals surface area (Å²) in [5.41, 5.74) is 3.24. The second kappa shape index (κ2) is 4.72. The Morgan fingerprint density at radius 1 is 1.10 bits per heavy atom. The van der Waals surface area contributed by atoms with Crippen LogP contribution in [0.3, 0.4) is 0 Å². The third-order valence-corrected chi connectivity index (χ3v) is 5.08. The third kappa shape index (κ3) is 1.80. The van der Waals surface area contributed by atoms with E-state index in [1.54, 1.807) is 4.90 Å². The lowest BCUT2D eigenvalue weighted by molar-refractivity contribution is 0.220. The number of likely N-dealkylation sites (tertiary alicyclic amines) is 1. The van der Waals surface area contributed by atoms with Crippen LogP contribution in [0.25, 0.3) is 0 Å². The first kappa shape index (κ1) is 14.8. The monoisotopic (exact) mass is 271 g/mol. The number of amidine groups is 2. The summed E-state index contributed by atoms with van der Waals surface area (Å²) in [6.45, 7) is 18.8. The molecule has 1 saturated heterocycles. The predicted molar refractivity (Wildman–Crippen MR) is 85.1 cm³/mol. The highest BCUT2D eigenvalue weighted by molar-refractivity contribution is 6.09. The van der Waals surface area contributed by atoms with Crippen LogP contribution in [0.1, 0.15) is 20.8 Å². The summed E-state index contributed by atoms with van der Waals surface area (Å²) in [6.07, 6.45) is 0. The molecular formula is C17H25N3. The van der Waals surface area contributed by atoms with Gasteiger partial charge >= 0.3 is 0 Å². The molecule has 3 heteroatoms. The van der Waals surface area contributed by atoms with Crippen molar-refractivity contribution in [1.29, 1.82) is 10.8 Å². The summed E-state index contributed by atoms with van der Waals surface area (Å²) in [5.74, 6) is 1.77. The van der Waals surface area contributed by atoms with Crippen LogP contribution in [0.2, 0.25) is 0 Å². The molecule has 5 atom stereocenters. The van der Waals surface area contributed by atoms with Gasteiger partial charge in [0.2, 0.25) is 0 Å². The molecule has 108 valence electrons. The number of nitrogens with one attached hydrogen (secondary N) is 2. The van der Waals surface area contributed by atoms with Crippen LogP contribution in [-0.2, 0) is 0 Å². The van der Waals surface area contributed by atoms with E-state index in [1.165, 1.54) is 0 Å². The topological polar surface area (TPSA) is 50.9 Å².